The maximum Gasteiger partial charge on any atom is 0.306 e. The summed E-state index contributed by atoms with van der Waals surface area (Å²) in [6, 6.07) is 0. The second kappa shape index (κ2) is 53.5. The largest absolute Gasteiger partial charge is 0.756 e. The molecule has 0 rings (SSSR count). The minimum atomic E-state index is -4.64. The first-order valence-corrected chi connectivity index (χ1v) is 31.5. The van der Waals surface area contributed by atoms with E-state index in [1.54, 1.807) is 0 Å². The summed E-state index contributed by atoms with van der Waals surface area (Å²) in [5.74, 6) is -0.826. The van der Waals surface area contributed by atoms with Gasteiger partial charge in [0.1, 0.15) is 19.8 Å². The van der Waals surface area contributed by atoms with Gasteiger partial charge in [-0.1, -0.05) is 261 Å². The van der Waals surface area contributed by atoms with Gasteiger partial charge in [-0.2, -0.15) is 0 Å². The van der Waals surface area contributed by atoms with E-state index >= 15 is 0 Å². The Morgan fingerprint density at radius 2 is 0.792 bits per heavy atom. The van der Waals surface area contributed by atoms with E-state index in [4.69, 9.17) is 18.5 Å². The second-order valence-corrected chi connectivity index (χ2v) is 22.8. The lowest BCUT2D eigenvalue weighted by Gasteiger charge is -2.28. The number of phosphoric acid groups is 1. The smallest absolute Gasteiger partial charge is 0.306 e. The van der Waals surface area contributed by atoms with Crippen LogP contribution < -0.4 is 4.89 Å². The average Bonchev–Trinajstić information content (AvgIpc) is 3.34. The van der Waals surface area contributed by atoms with Crippen LogP contribution >= 0.6 is 7.82 Å². The fourth-order valence-electron chi connectivity index (χ4n) is 8.45. The lowest BCUT2D eigenvalue weighted by molar-refractivity contribution is -0.870. The van der Waals surface area contributed by atoms with Crippen molar-refractivity contribution in [3.05, 3.63) is 60.8 Å². The second-order valence-electron chi connectivity index (χ2n) is 21.3. The molecule has 420 valence electrons. The van der Waals surface area contributed by atoms with Crippen molar-refractivity contribution in [2.24, 2.45) is 0 Å². The van der Waals surface area contributed by atoms with Crippen LogP contribution in [0.3, 0.4) is 0 Å². The van der Waals surface area contributed by atoms with Gasteiger partial charge in [0, 0.05) is 12.8 Å². The molecule has 0 aliphatic heterocycles. The highest BCUT2D eigenvalue weighted by Gasteiger charge is 2.22. The van der Waals surface area contributed by atoms with Crippen molar-refractivity contribution in [2.75, 3.05) is 47.5 Å². The Morgan fingerprint density at radius 3 is 1.18 bits per heavy atom. The number of quaternary nitrogens is 1. The summed E-state index contributed by atoms with van der Waals surface area (Å²) >= 11 is 0. The van der Waals surface area contributed by atoms with Gasteiger partial charge in [-0.15, -0.1) is 0 Å². The van der Waals surface area contributed by atoms with Crippen LogP contribution in [-0.2, 0) is 32.7 Å². The molecule has 0 amide bonds. The first-order valence-electron chi connectivity index (χ1n) is 30.0. The van der Waals surface area contributed by atoms with Crippen LogP contribution in [0, 0.1) is 0 Å². The van der Waals surface area contributed by atoms with E-state index in [9.17, 15) is 19.0 Å². The number of hydrogen-bond donors (Lipinski definition) is 0. The Labute approximate surface area is 445 Å². The van der Waals surface area contributed by atoms with Crippen LogP contribution in [0.25, 0.3) is 0 Å². The van der Waals surface area contributed by atoms with E-state index in [0.717, 1.165) is 77.0 Å². The average molecular weight is 1030 g/mol. The van der Waals surface area contributed by atoms with E-state index < -0.39 is 26.5 Å². The molecule has 72 heavy (non-hydrogen) atoms. The summed E-state index contributed by atoms with van der Waals surface area (Å²) in [6.07, 6.45) is 68.4. The minimum Gasteiger partial charge on any atom is -0.756 e. The van der Waals surface area contributed by atoms with E-state index in [1.165, 1.54) is 161 Å². The number of likely N-dealkylation sites (N-methyl/N-ethyl adjacent to an activating group) is 1. The fourth-order valence-corrected chi connectivity index (χ4v) is 9.18. The SMILES string of the molecule is CC/C=C\C/C=C\C/C=C\C/C=C\C/C=C\CCCCCCCCCCCCCC(=O)OC(COC(=O)CCCCCCCCCCCCCCCCCCCCCCC)COP(=O)([O-])OCC[N+](C)(C)C. The highest BCUT2D eigenvalue weighted by atomic mass is 31.2. The molecule has 0 aliphatic rings. The Kier molecular flexibility index (Phi) is 51.8. The number of esters is 2. The quantitative estimate of drug-likeness (QED) is 0.0195. The number of carbonyl (C=O) groups excluding carboxylic acids is 2. The third kappa shape index (κ3) is 57.0. The standard InChI is InChI=1S/C62H114NO8P/c1-6-8-10-12-14-16-18-20-22-24-26-28-29-30-31-32-33-35-37-39-41-43-45-47-49-51-53-55-62(65)71-60(59-70-72(66,67)69-57-56-63(3,4)5)58-68-61(64)54-52-50-48-46-44-42-40-38-36-34-27-25-23-21-19-17-15-13-11-9-7-2/h8,10,14,16,20,22,26,28,30-31,60H,6-7,9,11-13,15,17-19,21,23-25,27,29,32-59H2,1-5H3/b10-8-,16-14-,22-20-,28-26-,31-30-. The minimum absolute atomic E-state index is 0.0315. The van der Waals surface area contributed by atoms with Crippen molar-refractivity contribution in [3.8, 4) is 0 Å². The van der Waals surface area contributed by atoms with E-state index in [0.29, 0.717) is 17.4 Å². The van der Waals surface area contributed by atoms with Gasteiger partial charge in [-0.25, -0.2) is 0 Å². The van der Waals surface area contributed by atoms with Crippen molar-refractivity contribution in [3.63, 3.8) is 0 Å². The number of ether oxygens (including phenoxy) is 2. The highest BCUT2D eigenvalue weighted by Crippen LogP contribution is 2.38. The van der Waals surface area contributed by atoms with Gasteiger partial charge in [0.05, 0.1) is 27.7 Å². The summed E-state index contributed by atoms with van der Waals surface area (Å²) < 4.78 is 34.2. The highest BCUT2D eigenvalue weighted by molar-refractivity contribution is 7.45. The molecule has 0 heterocycles. The lowest BCUT2D eigenvalue weighted by Crippen LogP contribution is -2.37. The third-order valence-corrected chi connectivity index (χ3v) is 14.0. The maximum atomic E-state index is 12.8. The normalized spacial score (nSPS) is 13.7. The molecular weight excluding hydrogens is 918 g/mol. The molecule has 2 unspecified atom stereocenters. The Morgan fingerprint density at radius 1 is 0.444 bits per heavy atom. The van der Waals surface area contributed by atoms with Gasteiger partial charge >= 0.3 is 11.9 Å². The van der Waals surface area contributed by atoms with Gasteiger partial charge in [0.25, 0.3) is 7.82 Å². The molecule has 0 radical (unpaired) electrons. The van der Waals surface area contributed by atoms with Crippen molar-refractivity contribution in [1.82, 2.24) is 0 Å². The van der Waals surface area contributed by atoms with Gasteiger partial charge in [-0.05, 0) is 57.8 Å². The molecule has 0 bridgehead atoms. The molecule has 0 aliphatic carbocycles. The van der Waals surface area contributed by atoms with Crippen molar-refractivity contribution in [2.45, 2.75) is 277 Å². The van der Waals surface area contributed by atoms with Gasteiger partial charge in [0.2, 0.25) is 0 Å². The summed E-state index contributed by atoms with van der Waals surface area (Å²) in [4.78, 5) is 37.9. The van der Waals surface area contributed by atoms with Crippen molar-refractivity contribution < 1.29 is 42.1 Å². The molecule has 0 aromatic carbocycles. The predicted octanol–water partition coefficient (Wildman–Crippen LogP) is 18.1. The fraction of sp³-hybridized carbons (Fsp3) is 0.806. The van der Waals surface area contributed by atoms with Crippen LogP contribution in [0.1, 0.15) is 271 Å². The first kappa shape index (κ1) is 69.7. The molecule has 9 nitrogen and oxygen atoms in total. The zero-order chi connectivity index (χ0) is 52.7. The van der Waals surface area contributed by atoms with Gasteiger partial charge in [-0.3, -0.25) is 14.2 Å². The molecule has 0 saturated heterocycles. The molecule has 10 heteroatoms. The Balaban J connectivity index is 4.14. The summed E-state index contributed by atoms with van der Waals surface area (Å²) in [5, 5.41) is 0. The molecular formula is C62H114NO8P. The van der Waals surface area contributed by atoms with E-state index in [1.807, 2.05) is 21.1 Å². The summed E-state index contributed by atoms with van der Waals surface area (Å²) in [5.41, 5.74) is 0. The summed E-state index contributed by atoms with van der Waals surface area (Å²) in [6.45, 7) is 4.16. The molecule has 0 spiro atoms. The zero-order valence-corrected chi connectivity index (χ0v) is 48.5. The van der Waals surface area contributed by atoms with Crippen LogP contribution in [0.5, 0.6) is 0 Å². The number of allylic oxidation sites excluding steroid dienone is 10. The number of phosphoric ester groups is 1. The number of rotatable bonds is 55. The lowest BCUT2D eigenvalue weighted by atomic mass is 10.0. The monoisotopic (exact) mass is 1030 g/mol. The number of hydrogen-bond acceptors (Lipinski definition) is 8. The molecule has 2 atom stereocenters. The van der Waals surface area contributed by atoms with Crippen LogP contribution in [0.4, 0.5) is 0 Å². The van der Waals surface area contributed by atoms with Gasteiger partial charge < -0.3 is 27.9 Å². The van der Waals surface area contributed by atoms with Crippen LogP contribution in [0.2, 0.25) is 0 Å². The van der Waals surface area contributed by atoms with Crippen LogP contribution in [-0.4, -0.2) is 70.0 Å². The Bertz CT molecular complexity index is 1400. The predicted molar refractivity (Wildman–Crippen MR) is 305 cm³/mol. The third-order valence-electron chi connectivity index (χ3n) is 13.1. The molecule has 0 saturated carbocycles. The van der Waals surface area contributed by atoms with E-state index in [2.05, 4.69) is 74.6 Å². The van der Waals surface area contributed by atoms with Crippen molar-refractivity contribution >= 4 is 19.8 Å². The Hall–Kier alpha value is -2.29. The molecule has 0 N–H and O–H groups in total. The first-order chi connectivity index (χ1) is 35.0. The maximum absolute atomic E-state index is 12.8. The summed E-state index contributed by atoms with van der Waals surface area (Å²) in [7, 11) is 1.17. The van der Waals surface area contributed by atoms with Crippen LogP contribution in [0.15, 0.2) is 60.8 Å². The van der Waals surface area contributed by atoms with Gasteiger partial charge in [0.15, 0.2) is 6.10 Å². The number of unbranched alkanes of at least 4 members (excludes halogenated alkanes) is 31. The molecule has 0 fully saturated rings. The zero-order valence-electron chi connectivity index (χ0n) is 47.6. The molecule has 0 aromatic heterocycles. The molecule has 0 aromatic rings. The van der Waals surface area contributed by atoms with E-state index in [-0.39, 0.29) is 32.0 Å². The number of nitrogens with zero attached hydrogens (tertiary/aromatic N) is 1. The topological polar surface area (TPSA) is 111 Å². The van der Waals surface area contributed by atoms with Crippen molar-refractivity contribution in [1.29, 1.82) is 0 Å². The number of carbonyl (C=O) groups is 2.